The third-order valence-electron chi connectivity index (χ3n) is 8.03. The molecule has 0 saturated heterocycles. The zero-order valence-electron chi connectivity index (χ0n) is 26.2. The summed E-state index contributed by atoms with van der Waals surface area (Å²) in [5.41, 5.74) is 2.62. The van der Waals surface area contributed by atoms with Gasteiger partial charge in [0, 0.05) is 61.1 Å². The summed E-state index contributed by atoms with van der Waals surface area (Å²) < 4.78 is 93.0. The number of benzene rings is 1. The summed E-state index contributed by atoms with van der Waals surface area (Å²) in [7, 11) is -7.76. The van der Waals surface area contributed by atoms with Crippen molar-refractivity contribution in [3.05, 3.63) is 95.3 Å². The van der Waals surface area contributed by atoms with E-state index in [2.05, 4.69) is 25.7 Å². The third-order valence-corrected chi connectivity index (χ3v) is 11.0. The molecule has 1 amide bonds. The maximum Gasteiger partial charge on any atom is 0.286 e. The average Bonchev–Trinajstić information content (AvgIpc) is 3.92. The predicted octanol–water partition coefficient (Wildman–Crippen LogP) is 0.933. The topological polar surface area (TPSA) is 192 Å². The van der Waals surface area contributed by atoms with Gasteiger partial charge in [0.1, 0.15) is 29.0 Å². The van der Waals surface area contributed by atoms with E-state index in [1.807, 2.05) is 0 Å². The summed E-state index contributed by atoms with van der Waals surface area (Å²) >= 11 is 0. The number of nitrogens with zero attached hydrogens (tertiary/aromatic N) is 9. The number of alkyl halides is 2. The van der Waals surface area contributed by atoms with Gasteiger partial charge in [0.2, 0.25) is 5.91 Å². The molecule has 0 unspecified atom stereocenters. The Balaban J connectivity index is 0.000000194. The number of fused-ring (bicyclic) bond motifs is 2. The molecule has 0 fully saturated rings. The van der Waals surface area contributed by atoms with Crippen molar-refractivity contribution in [3.8, 4) is 0 Å². The van der Waals surface area contributed by atoms with Gasteiger partial charge in [-0.2, -0.15) is 45.4 Å². The second kappa shape index (κ2) is 14.2. The Kier molecular flexibility index (Phi) is 9.91. The van der Waals surface area contributed by atoms with Crippen LogP contribution in [0.4, 0.5) is 13.2 Å². The highest BCUT2D eigenvalue weighted by Crippen LogP contribution is 2.29. The Morgan fingerprint density at radius 2 is 1.40 bits per heavy atom. The van der Waals surface area contributed by atoms with E-state index < -0.39 is 57.6 Å². The first kappa shape index (κ1) is 35.0. The fraction of sp³-hybridized carbons (Fsp3) is 0.345. The molecule has 50 heavy (non-hydrogen) atoms. The molecule has 2 N–H and O–H groups in total. The number of amides is 1. The number of aromatic nitrogens is 8. The van der Waals surface area contributed by atoms with E-state index in [1.54, 1.807) is 6.07 Å². The molecular weight excluding hydrogens is 706 g/mol. The molecule has 0 spiro atoms. The molecule has 1 atom stereocenters. The van der Waals surface area contributed by atoms with Crippen LogP contribution in [-0.4, -0.2) is 90.6 Å². The number of aliphatic hydroxyl groups excluding tert-OH is 1. The molecule has 2 aliphatic rings. The predicted molar refractivity (Wildman–Crippen MR) is 167 cm³/mol. The van der Waals surface area contributed by atoms with E-state index in [4.69, 9.17) is 0 Å². The Hall–Kier alpha value is -4.86. The fourth-order valence-corrected chi connectivity index (χ4v) is 7.69. The van der Waals surface area contributed by atoms with Crippen LogP contribution >= 0.6 is 0 Å². The Bertz CT molecular complexity index is 2190. The summed E-state index contributed by atoms with van der Waals surface area (Å²) in [6.45, 7) is -0.564. The Labute approximate surface area is 283 Å². The smallest absolute Gasteiger partial charge is 0.286 e. The molecule has 0 bridgehead atoms. The van der Waals surface area contributed by atoms with Crippen LogP contribution in [0.2, 0.25) is 0 Å². The molecular formula is C29H31F3N10O6S2. The van der Waals surface area contributed by atoms with Gasteiger partial charge in [0.25, 0.3) is 20.0 Å². The number of hydrogen-bond acceptors (Lipinski definition) is 11. The van der Waals surface area contributed by atoms with Crippen LogP contribution in [0.1, 0.15) is 34.0 Å². The van der Waals surface area contributed by atoms with Crippen molar-refractivity contribution in [2.24, 2.45) is 0 Å². The number of rotatable bonds is 11. The molecule has 5 aromatic rings. The van der Waals surface area contributed by atoms with Gasteiger partial charge in [-0.15, -0.1) is 0 Å². The monoisotopic (exact) mass is 736 g/mol. The van der Waals surface area contributed by atoms with Gasteiger partial charge in [-0.3, -0.25) is 14.2 Å². The van der Waals surface area contributed by atoms with Crippen molar-refractivity contribution in [1.82, 2.24) is 48.1 Å². The van der Waals surface area contributed by atoms with Crippen LogP contribution in [0.15, 0.2) is 71.2 Å². The molecule has 2 aliphatic heterocycles. The summed E-state index contributed by atoms with van der Waals surface area (Å²) in [5, 5.41) is 28.5. The van der Waals surface area contributed by atoms with E-state index in [0.29, 0.717) is 24.3 Å². The fourth-order valence-electron chi connectivity index (χ4n) is 5.44. The van der Waals surface area contributed by atoms with E-state index in [0.717, 1.165) is 25.6 Å². The van der Waals surface area contributed by atoms with Gasteiger partial charge < -0.3 is 15.3 Å². The molecule has 266 valence electrons. The van der Waals surface area contributed by atoms with E-state index in [1.165, 1.54) is 63.4 Å². The molecule has 7 rings (SSSR count). The number of halogens is 3. The molecule has 6 heterocycles. The van der Waals surface area contributed by atoms with Crippen LogP contribution in [0.5, 0.6) is 0 Å². The Morgan fingerprint density at radius 1 is 0.820 bits per heavy atom. The van der Waals surface area contributed by atoms with Gasteiger partial charge in [0.05, 0.1) is 55.9 Å². The lowest BCUT2D eigenvalue weighted by Crippen LogP contribution is -2.33. The number of hydrogen-bond donors (Lipinski definition) is 2. The standard InChI is InChI=1S/C19H19F2N5O4S.C10H12FN5O2S/c20-5-6-25-10-14(7-22-25)31(29,30)26-9-13-8-24(11-18(13)23-26)19(28)16(12-27)15-3-1-2-4-17(15)21;11-1-2-15-7-9(4-13-15)19(17,18)16-6-8-3-12-5-10(8)14-16/h1-4,7,9-10,16,27H,5-6,8,11-12H2;4,6-7,12H,1-3,5H2/t16-;/m1./s1. The molecule has 0 aliphatic carbocycles. The highest BCUT2D eigenvalue weighted by molar-refractivity contribution is 7.90. The first-order valence-electron chi connectivity index (χ1n) is 15.1. The lowest BCUT2D eigenvalue weighted by Gasteiger charge is -2.22. The number of nitrogens with one attached hydrogen (secondary N) is 1. The maximum absolute atomic E-state index is 14.1. The quantitative estimate of drug-likeness (QED) is 0.196. The normalized spacial score (nSPS) is 14.7. The van der Waals surface area contributed by atoms with Crippen molar-refractivity contribution in [2.75, 3.05) is 20.0 Å². The van der Waals surface area contributed by atoms with Crippen LogP contribution in [0.25, 0.3) is 0 Å². The lowest BCUT2D eigenvalue weighted by atomic mass is 9.98. The van der Waals surface area contributed by atoms with Crippen molar-refractivity contribution >= 4 is 26.0 Å². The van der Waals surface area contributed by atoms with Gasteiger partial charge >= 0.3 is 0 Å². The van der Waals surface area contributed by atoms with Crippen LogP contribution in [0.3, 0.4) is 0 Å². The molecule has 1 aromatic carbocycles. The Morgan fingerprint density at radius 3 is 1.94 bits per heavy atom. The SMILES string of the molecule is O=C([C@H](CO)c1ccccc1F)N1Cc2cn(S(=O)(=O)c3cnn(CCF)c3)nc2C1.O=S(=O)(c1cnn(CCF)c1)n1cc2c(n1)CNC2. The molecule has 16 nitrogen and oxygen atoms in total. The summed E-state index contributed by atoms with van der Waals surface area (Å²) in [5.74, 6) is -2.13. The second-order valence-corrected chi connectivity index (χ2v) is 14.9. The molecule has 0 radical (unpaired) electrons. The summed E-state index contributed by atoms with van der Waals surface area (Å²) in [6, 6.07) is 5.74. The van der Waals surface area contributed by atoms with Gasteiger partial charge in [-0.1, -0.05) is 18.2 Å². The second-order valence-electron chi connectivity index (χ2n) is 11.3. The lowest BCUT2D eigenvalue weighted by molar-refractivity contribution is -0.134. The van der Waals surface area contributed by atoms with Gasteiger partial charge in [0.15, 0.2) is 0 Å². The maximum atomic E-state index is 14.1. The number of carbonyl (C=O) groups is 1. The molecule has 4 aromatic heterocycles. The van der Waals surface area contributed by atoms with Crippen molar-refractivity contribution in [3.63, 3.8) is 0 Å². The first-order valence-corrected chi connectivity index (χ1v) is 18.0. The van der Waals surface area contributed by atoms with Gasteiger partial charge in [-0.05, 0) is 6.07 Å². The van der Waals surface area contributed by atoms with E-state index in [-0.39, 0.29) is 41.5 Å². The van der Waals surface area contributed by atoms with E-state index in [9.17, 15) is 39.9 Å². The van der Waals surface area contributed by atoms with Crippen molar-refractivity contribution < 1.29 is 39.9 Å². The van der Waals surface area contributed by atoms with Crippen LogP contribution in [-0.2, 0) is 64.1 Å². The number of aryl methyl sites for hydroxylation is 2. The summed E-state index contributed by atoms with van der Waals surface area (Å²) in [4.78, 5) is 14.1. The molecule has 21 heteroatoms. The largest absolute Gasteiger partial charge is 0.395 e. The number of carbonyl (C=O) groups excluding carboxylic acids is 1. The highest BCUT2D eigenvalue weighted by Gasteiger charge is 2.34. The minimum atomic E-state index is -4.01. The zero-order chi connectivity index (χ0) is 35.6. The first-order chi connectivity index (χ1) is 24.0. The van der Waals surface area contributed by atoms with E-state index >= 15 is 0 Å². The van der Waals surface area contributed by atoms with Crippen molar-refractivity contribution in [2.45, 2.75) is 55.0 Å². The third kappa shape index (κ3) is 6.80. The van der Waals surface area contributed by atoms with Crippen LogP contribution < -0.4 is 5.32 Å². The van der Waals surface area contributed by atoms with Crippen LogP contribution in [0, 0.1) is 5.82 Å². The highest BCUT2D eigenvalue weighted by atomic mass is 32.2. The van der Waals surface area contributed by atoms with Crippen molar-refractivity contribution in [1.29, 1.82) is 0 Å². The summed E-state index contributed by atoms with van der Waals surface area (Å²) in [6.07, 6.45) is 7.65. The average molecular weight is 737 g/mol. The number of aliphatic hydroxyl groups is 1. The minimum Gasteiger partial charge on any atom is -0.395 e. The van der Waals surface area contributed by atoms with Gasteiger partial charge in [-0.25, -0.2) is 13.2 Å². The molecule has 0 saturated carbocycles. The minimum absolute atomic E-state index is 0.00934. The zero-order valence-corrected chi connectivity index (χ0v) is 27.8.